The van der Waals surface area contributed by atoms with Crippen LogP contribution in [0.1, 0.15) is 37.9 Å². The summed E-state index contributed by atoms with van der Waals surface area (Å²) in [5.74, 6) is -1.07. The maximum atomic E-state index is 13.4. The van der Waals surface area contributed by atoms with Gasteiger partial charge in [0.25, 0.3) is 11.8 Å². The average Bonchev–Trinajstić information content (AvgIpc) is 3.43. The second-order valence-electron chi connectivity index (χ2n) is 7.53. The number of furan rings is 1. The lowest BCUT2D eigenvalue weighted by atomic mass is 10.1. The van der Waals surface area contributed by atoms with Crippen molar-refractivity contribution in [3.8, 4) is 5.69 Å². The highest BCUT2D eigenvalue weighted by Gasteiger charge is 2.31. The number of benzene rings is 2. The molecule has 0 aliphatic heterocycles. The summed E-state index contributed by atoms with van der Waals surface area (Å²) in [6, 6.07) is 13.9. The van der Waals surface area contributed by atoms with Gasteiger partial charge >= 0.3 is 6.18 Å². The molecule has 7 nitrogen and oxygen atoms in total. The van der Waals surface area contributed by atoms with Crippen LogP contribution in [0, 0.1) is 13.8 Å². The van der Waals surface area contributed by atoms with E-state index in [0.29, 0.717) is 17.1 Å². The third-order valence-electron chi connectivity index (χ3n) is 4.94. The van der Waals surface area contributed by atoms with Crippen LogP contribution in [0.4, 0.5) is 24.5 Å². The van der Waals surface area contributed by atoms with Gasteiger partial charge in [0, 0.05) is 16.9 Å². The van der Waals surface area contributed by atoms with Gasteiger partial charge in [-0.3, -0.25) is 9.59 Å². The van der Waals surface area contributed by atoms with E-state index in [0.717, 1.165) is 12.1 Å². The predicted octanol–water partition coefficient (Wildman–Crippen LogP) is 5.61. The Bertz CT molecular complexity index is 1360. The van der Waals surface area contributed by atoms with Gasteiger partial charge in [-0.25, -0.2) is 4.68 Å². The molecular weight excluding hydrogens is 449 g/mol. The number of carbonyl (C=O) groups excluding carboxylic acids is 2. The third-order valence-corrected chi connectivity index (χ3v) is 4.94. The van der Waals surface area contributed by atoms with Crippen molar-refractivity contribution in [3.63, 3.8) is 0 Å². The first-order valence-corrected chi connectivity index (χ1v) is 10.1. The van der Waals surface area contributed by atoms with E-state index in [-0.39, 0.29) is 22.7 Å². The van der Waals surface area contributed by atoms with Crippen LogP contribution in [0.5, 0.6) is 0 Å². The molecule has 0 fully saturated rings. The minimum Gasteiger partial charge on any atom is -0.459 e. The monoisotopic (exact) mass is 468 g/mol. The van der Waals surface area contributed by atoms with Crippen molar-refractivity contribution >= 4 is 23.2 Å². The number of hydrogen-bond donors (Lipinski definition) is 2. The van der Waals surface area contributed by atoms with Gasteiger partial charge in [0.1, 0.15) is 0 Å². The van der Waals surface area contributed by atoms with Crippen LogP contribution >= 0.6 is 0 Å². The molecule has 2 aromatic carbocycles. The van der Waals surface area contributed by atoms with E-state index in [4.69, 9.17) is 4.42 Å². The normalized spacial score (nSPS) is 11.3. The molecule has 0 spiro atoms. The van der Waals surface area contributed by atoms with Crippen LogP contribution in [0.15, 0.2) is 71.3 Å². The second kappa shape index (κ2) is 8.89. The molecule has 2 amide bonds. The van der Waals surface area contributed by atoms with Crippen molar-refractivity contribution in [2.24, 2.45) is 0 Å². The van der Waals surface area contributed by atoms with Crippen LogP contribution < -0.4 is 10.6 Å². The smallest absolute Gasteiger partial charge is 0.416 e. The van der Waals surface area contributed by atoms with Crippen molar-refractivity contribution in [1.82, 2.24) is 9.78 Å². The highest BCUT2D eigenvalue weighted by Crippen LogP contribution is 2.34. The van der Waals surface area contributed by atoms with E-state index < -0.39 is 23.6 Å². The Morgan fingerprint density at radius 2 is 1.74 bits per heavy atom. The molecule has 34 heavy (non-hydrogen) atoms. The Morgan fingerprint density at radius 1 is 0.941 bits per heavy atom. The van der Waals surface area contributed by atoms with Crippen molar-refractivity contribution < 1.29 is 27.2 Å². The van der Waals surface area contributed by atoms with Crippen LogP contribution in [0.3, 0.4) is 0 Å². The standard InChI is InChI=1S/C24H19F3N4O3/c1-14-11-15(2)31(30-14)20-9-8-17(24(25,26)27)13-19(20)29-22(32)16-5-3-6-18(12-16)28-23(33)21-7-4-10-34-21/h3-13H,1-2H3,(H,28,33)(H,29,32). The summed E-state index contributed by atoms with van der Waals surface area (Å²) in [6.45, 7) is 3.52. The number of anilines is 2. The first-order valence-electron chi connectivity index (χ1n) is 10.1. The molecule has 4 aromatic rings. The summed E-state index contributed by atoms with van der Waals surface area (Å²) >= 11 is 0. The maximum absolute atomic E-state index is 13.4. The largest absolute Gasteiger partial charge is 0.459 e. The number of aromatic nitrogens is 2. The zero-order chi connectivity index (χ0) is 24.5. The van der Waals surface area contributed by atoms with E-state index in [9.17, 15) is 22.8 Å². The van der Waals surface area contributed by atoms with Crippen LogP contribution in [-0.2, 0) is 6.18 Å². The molecule has 2 N–H and O–H groups in total. The van der Waals surface area contributed by atoms with E-state index >= 15 is 0 Å². The summed E-state index contributed by atoms with van der Waals surface area (Å²) < 4.78 is 46.6. The molecule has 4 rings (SSSR count). The Labute approximate surface area is 192 Å². The van der Waals surface area contributed by atoms with E-state index in [1.807, 2.05) is 0 Å². The molecule has 10 heteroatoms. The summed E-state index contributed by atoms with van der Waals surface area (Å²) in [5.41, 5.74) is 1.13. The third kappa shape index (κ3) is 4.85. The zero-order valence-corrected chi connectivity index (χ0v) is 18.1. The molecule has 0 aliphatic rings. The Balaban J connectivity index is 1.64. The molecule has 2 heterocycles. The summed E-state index contributed by atoms with van der Waals surface area (Å²) in [5, 5.41) is 9.47. The van der Waals surface area contributed by atoms with Crippen LogP contribution in [-0.4, -0.2) is 21.6 Å². The highest BCUT2D eigenvalue weighted by molar-refractivity contribution is 6.07. The molecule has 174 valence electrons. The summed E-state index contributed by atoms with van der Waals surface area (Å²) in [7, 11) is 0. The minimum atomic E-state index is -4.59. The molecule has 0 saturated heterocycles. The highest BCUT2D eigenvalue weighted by atomic mass is 19.4. The fourth-order valence-corrected chi connectivity index (χ4v) is 3.40. The molecule has 0 bridgehead atoms. The number of nitrogens with zero attached hydrogens (tertiary/aromatic N) is 2. The second-order valence-corrected chi connectivity index (χ2v) is 7.53. The van der Waals surface area contributed by atoms with E-state index in [2.05, 4.69) is 15.7 Å². The minimum absolute atomic E-state index is 0.0592. The molecule has 0 radical (unpaired) electrons. The Hall–Kier alpha value is -4.34. The van der Waals surface area contributed by atoms with Crippen molar-refractivity contribution in [1.29, 1.82) is 0 Å². The van der Waals surface area contributed by atoms with Gasteiger partial charge in [0.05, 0.1) is 28.9 Å². The van der Waals surface area contributed by atoms with Crippen molar-refractivity contribution in [2.45, 2.75) is 20.0 Å². The van der Waals surface area contributed by atoms with Crippen molar-refractivity contribution in [2.75, 3.05) is 10.6 Å². The number of halogens is 3. The number of rotatable bonds is 5. The first-order chi connectivity index (χ1) is 16.1. The number of carbonyl (C=O) groups is 2. The molecule has 0 aliphatic carbocycles. The van der Waals surface area contributed by atoms with Gasteiger partial charge < -0.3 is 15.1 Å². The van der Waals surface area contributed by atoms with E-state index in [1.54, 1.807) is 38.1 Å². The fourth-order valence-electron chi connectivity index (χ4n) is 3.40. The molecule has 2 aromatic heterocycles. The Morgan fingerprint density at radius 3 is 2.38 bits per heavy atom. The number of amides is 2. The average molecular weight is 468 g/mol. The fraction of sp³-hybridized carbons (Fsp3) is 0.125. The van der Waals surface area contributed by atoms with E-state index in [1.165, 1.54) is 35.2 Å². The van der Waals surface area contributed by atoms with Crippen molar-refractivity contribution in [3.05, 3.63) is 95.2 Å². The van der Waals surface area contributed by atoms with Gasteiger partial charge in [-0.15, -0.1) is 0 Å². The van der Waals surface area contributed by atoms with Gasteiger partial charge in [0.15, 0.2) is 5.76 Å². The zero-order valence-electron chi connectivity index (χ0n) is 18.1. The molecule has 0 saturated carbocycles. The SMILES string of the molecule is Cc1cc(C)n(-c2ccc(C(F)(F)F)cc2NC(=O)c2cccc(NC(=O)c3ccco3)c2)n1. The summed E-state index contributed by atoms with van der Waals surface area (Å²) in [4.78, 5) is 25.2. The lowest BCUT2D eigenvalue weighted by Gasteiger charge is -2.16. The molecular formula is C24H19F3N4O3. The quantitative estimate of drug-likeness (QED) is 0.399. The molecule has 0 unspecified atom stereocenters. The van der Waals surface area contributed by atoms with Gasteiger partial charge in [-0.05, 0) is 68.4 Å². The lowest BCUT2D eigenvalue weighted by molar-refractivity contribution is -0.137. The number of nitrogens with one attached hydrogen (secondary N) is 2. The maximum Gasteiger partial charge on any atom is 0.416 e. The lowest BCUT2D eigenvalue weighted by Crippen LogP contribution is -2.17. The first kappa shape index (κ1) is 22.8. The topological polar surface area (TPSA) is 89.2 Å². The molecule has 0 atom stereocenters. The van der Waals surface area contributed by atoms with Gasteiger partial charge in [0.2, 0.25) is 0 Å². The Kier molecular flexibility index (Phi) is 5.97. The summed E-state index contributed by atoms with van der Waals surface area (Å²) in [6.07, 6.45) is -3.24. The van der Waals surface area contributed by atoms with Gasteiger partial charge in [-0.1, -0.05) is 6.07 Å². The number of hydrogen-bond acceptors (Lipinski definition) is 4. The predicted molar refractivity (Wildman–Crippen MR) is 119 cm³/mol. The van der Waals surface area contributed by atoms with Crippen LogP contribution in [0.2, 0.25) is 0 Å². The number of alkyl halides is 3. The number of aryl methyl sites for hydroxylation is 2. The van der Waals surface area contributed by atoms with Crippen LogP contribution in [0.25, 0.3) is 5.69 Å². The van der Waals surface area contributed by atoms with Gasteiger partial charge in [-0.2, -0.15) is 18.3 Å².